The summed E-state index contributed by atoms with van der Waals surface area (Å²) in [5.74, 6) is 0.872. The van der Waals surface area contributed by atoms with E-state index in [4.69, 9.17) is 5.26 Å². The molecule has 0 aliphatic heterocycles. The fourth-order valence-corrected chi connectivity index (χ4v) is 1.43. The van der Waals surface area contributed by atoms with Gasteiger partial charge < -0.3 is 9.88 Å². The summed E-state index contributed by atoms with van der Waals surface area (Å²) in [5.41, 5.74) is 1.27. The Morgan fingerprint density at radius 1 is 1.47 bits per heavy atom. The lowest BCUT2D eigenvalue weighted by atomic mass is 10.3. The molecule has 0 radical (unpaired) electrons. The molecule has 0 amide bonds. The van der Waals surface area contributed by atoms with Crippen molar-refractivity contribution < 1.29 is 0 Å². The molecule has 0 atom stereocenters. The number of anilines is 1. The van der Waals surface area contributed by atoms with Crippen LogP contribution in [0.25, 0.3) is 0 Å². The Morgan fingerprint density at radius 2 is 2.35 bits per heavy atom. The van der Waals surface area contributed by atoms with Crippen molar-refractivity contribution in [2.75, 3.05) is 5.32 Å². The topological polar surface area (TPSA) is 79.4 Å². The zero-order valence-corrected chi connectivity index (χ0v) is 9.46. The summed E-state index contributed by atoms with van der Waals surface area (Å²) < 4.78 is 1.96. The van der Waals surface area contributed by atoms with E-state index < -0.39 is 0 Å². The number of nitrogens with zero attached hydrogens (tertiary/aromatic N) is 5. The maximum Gasteiger partial charge on any atom is 0.152 e. The lowest BCUT2D eigenvalue weighted by molar-refractivity contribution is 0.708. The van der Waals surface area contributed by atoms with E-state index in [1.165, 1.54) is 0 Å². The summed E-state index contributed by atoms with van der Waals surface area (Å²) in [6.07, 6.45) is 3.33. The van der Waals surface area contributed by atoms with Crippen LogP contribution in [0.15, 0.2) is 24.7 Å². The van der Waals surface area contributed by atoms with Crippen LogP contribution in [0.3, 0.4) is 0 Å². The summed E-state index contributed by atoms with van der Waals surface area (Å²) in [7, 11) is 0. The highest BCUT2D eigenvalue weighted by molar-refractivity contribution is 5.42. The Hall–Kier alpha value is -2.42. The summed E-state index contributed by atoms with van der Waals surface area (Å²) in [4.78, 5) is 3.97. The molecule has 0 saturated carbocycles. The Bertz CT molecular complexity index is 522. The molecule has 2 aromatic rings. The smallest absolute Gasteiger partial charge is 0.152 e. The highest BCUT2D eigenvalue weighted by Crippen LogP contribution is 2.07. The van der Waals surface area contributed by atoms with Gasteiger partial charge in [0.05, 0.1) is 18.4 Å². The van der Waals surface area contributed by atoms with Gasteiger partial charge in [-0.1, -0.05) is 0 Å². The van der Waals surface area contributed by atoms with E-state index in [0.717, 1.165) is 18.1 Å². The average molecular weight is 228 g/mol. The predicted octanol–water partition coefficient (Wildman–Crippen LogP) is 1.18. The predicted molar refractivity (Wildman–Crippen MR) is 62.0 cm³/mol. The van der Waals surface area contributed by atoms with Crippen molar-refractivity contribution in [3.63, 3.8) is 0 Å². The normalized spacial score (nSPS) is 9.88. The van der Waals surface area contributed by atoms with E-state index in [0.29, 0.717) is 12.2 Å². The molecule has 86 valence electrons. The molecule has 2 aromatic heterocycles. The third kappa shape index (κ3) is 2.58. The first-order valence-corrected chi connectivity index (χ1v) is 5.30. The van der Waals surface area contributed by atoms with E-state index in [2.05, 4.69) is 20.5 Å². The minimum Gasteiger partial charge on any atom is -0.376 e. The van der Waals surface area contributed by atoms with E-state index in [1.54, 1.807) is 18.6 Å². The van der Waals surface area contributed by atoms with Crippen LogP contribution in [0.4, 0.5) is 5.69 Å². The quantitative estimate of drug-likeness (QED) is 0.849. The molecule has 0 unspecified atom stereocenters. The van der Waals surface area contributed by atoms with E-state index in [1.807, 2.05) is 23.6 Å². The van der Waals surface area contributed by atoms with Crippen LogP contribution in [0.1, 0.15) is 18.4 Å². The Balaban J connectivity index is 2.00. The summed E-state index contributed by atoms with van der Waals surface area (Å²) in [6.45, 7) is 3.47. The number of aryl methyl sites for hydroxylation is 1. The van der Waals surface area contributed by atoms with Gasteiger partial charge >= 0.3 is 0 Å². The summed E-state index contributed by atoms with van der Waals surface area (Å²) in [5, 5.41) is 19.7. The molecule has 0 bridgehead atoms. The van der Waals surface area contributed by atoms with E-state index in [9.17, 15) is 0 Å². The van der Waals surface area contributed by atoms with Crippen molar-refractivity contribution >= 4 is 5.69 Å². The molecule has 2 rings (SSSR count). The third-order valence-electron chi connectivity index (χ3n) is 2.37. The van der Waals surface area contributed by atoms with Crippen molar-refractivity contribution in [1.82, 2.24) is 19.7 Å². The standard InChI is InChI=1S/C11H12N6/c1-2-17-8-15-16-11(17)7-14-10-4-3-9(5-12)13-6-10/h3-4,6,8,14H,2,7H2,1H3. The monoisotopic (exact) mass is 228 g/mol. The molecule has 0 aliphatic carbocycles. The van der Waals surface area contributed by atoms with Gasteiger partial charge in [-0.3, -0.25) is 0 Å². The van der Waals surface area contributed by atoms with Gasteiger partial charge in [0, 0.05) is 6.54 Å². The molecule has 1 N–H and O–H groups in total. The van der Waals surface area contributed by atoms with Crippen molar-refractivity contribution in [3.8, 4) is 6.07 Å². The first-order chi connectivity index (χ1) is 8.33. The second-order valence-electron chi connectivity index (χ2n) is 3.43. The van der Waals surface area contributed by atoms with Gasteiger partial charge in [-0.05, 0) is 19.1 Å². The van der Waals surface area contributed by atoms with Crippen molar-refractivity contribution in [2.45, 2.75) is 20.0 Å². The maximum absolute atomic E-state index is 8.62. The molecular weight excluding hydrogens is 216 g/mol. The number of aromatic nitrogens is 4. The van der Waals surface area contributed by atoms with E-state index >= 15 is 0 Å². The molecule has 6 nitrogen and oxygen atoms in total. The number of pyridine rings is 1. The van der Waals surface area contributed by atoms with Crippen LogP contribution in [-0.4, -0.2) is 19.7 Å². The van der Waals surface area contributed by atoms with Gasteiger partial charge in [0.15, 0.2) is 5.82 Å². The molecule has 0 fully saturated rings. The summed E-state index contributed by atoms with van der Waals surface area (Å²) in [6, 6.07) is 5.47. The molecule has 0 aromatic carbocycles. The van der Waals surface area contributed by atoms with Gasteiger partial charge in [0.1, 0.15) is 18.1 Å². The van der Waals surface area contributed by atoms with Gasteiger partial charge in [-0.25, -0.2) is 4.98 Å². The Kier molecular flexibility index (Phi) is 3.31. The van der Waals surface area contributed by atoms with Crippen molar-refractivity contribution in [1.29, 1.82) is 5.26 Å². The first kappa shape index (κ1) is 11.1. The summed E-state index contributed by atoms with van der Waals surface area (Å²) >= 11 is 0. The van der Waals surface area contributed by atoms with Crippen molar-refractivity contribution in [2.24, 2.45) is 0 Å². The van der Waals surface area contributed by atoms with Gasteiger partial charge in [-0.15, -0.1) is 10.2 Å². The van der Waals surface area contributed by atoms with Crippen LogP contribution in [0, 0.1) is 11.3 Å². The van der Waals surface area contributed by atoms with Crippen LogP contribution in [0.5, 0.6) is 0 Å². The van der Waals surface area contributed by atoms with Crippen LogP contribution < -0.4 is 5.32 Å². The fraction of sp³-hybridized carbons (Fsp3) is 0.273. The number of nitriles is 1. The molecule has 0 aliphatic rings. The zero-order chi connectivity index (χ0) is 12.1. The molecule has 17 heavy (non-hydrogen) atoms. The highest BCUT2D eigenvalue weighted by atomic mass is 15.3. The second-order valence-corrected chi connectivity index (χ2v) is 3.43. The van der Waals surface area contributed by atoms with Crippen molar-refractivity contribution in [3.05, 3.63) is 36.2 Å². The molecule has 0 spiro atoms. The number of hydrogen-bond acceptors (Lipinski definition) is 5. The minimum absolute atomic E-state index is 0.410. The number of hydrogen-bond donors (Lipinski definition) is 1. The van der Waals surface area contributed by atoms with Crippen LogP contribution >= 0.6 is 0 Å². The second kappa shape index (κ2) is 5.07. The Labute approximate surface area is 98.9 Å². The average Bonchev–Trinajstić information content (AvgIpc) is 2.84. The van der Waals surface area contributed by atoms with Gasteiger partial charge in [0.2, 0.25) is 0 Å². The zero-order valence-electron chi connectivity index (χ0n) is 9.46. The maximum atomic E-state index is 8.62. The lowest BCUT2D eigenvalue weighted by Crippen LogP contribution is -2.07. The van der Waals surface area contributed by atoms with E-state index in [-0.39, 0.29) is 0 Å². The Morgan fingerprint density at radius 3 is 3.00 bits per heavy atom. The number of nitrogens with one attached hydrogen (secondary N) is 1. The minimum atomic E-state index is 0.410. The molecule has 6 heteroatoms. The largest absolute Gasteiger partial charge is 0.376 e. The molecular formula is C11H12N6. The van der Waals surface area contributed by atoms with Crippen LogP contribution in [-0.2, 0) is 13.1 Å². The lowest BCUT2D eigenvalue weighted by Gasteiger charge is -2.06. The SMILES string of the molecule is CCn1cnnc1CNc1ccc(C#N)nc1. The molecule has 0 saturated heterocycles. The third-order valence-corrected chi connectivity index (χ3v) is 2.37. The molecule has 2 heterocycles. The van der Waals surface area contributed by atoms with Crippen LogP contribution in [0.2, 0.25) is 0 Å². The number of rotatable bonds is 4. The first-order valence-electron chi connectivity index (χ1n) is 5.30. The highest BCUT2D eigenvalue weighted by Gasteiger charge is 2.02. The van der Waals surface area contributed by atoms with Gasteiger partial charge in [-0.2, -0.15) is 5.26 Å². The van der Waals surface area contributed by atoms with Gasteiger partial charge in [0.25, 0.3) is 0 Å². The fourth-order valence-electron chi connectivity index (χ4n) is 1.43.